The molecule has 0 saturated carbocycles. The molecule has 0 spiro atoms. The Bertz CT molecular complexity index is 420. The molecule has 0 saturated heterocycles. The van der Waals surface area contributed by atoms with E-state index in [0.29, 0.717) is 17.4 Å². The van der Waals surface area contributed by atoms with Crippen LogP contribution in [0.1, 0.15) is 12.0 Å². The second kappa shape index (κ2) is 8.74. The van der Waals surface area contributed by atoms with Gasteiger partial charge in [0.25, 0.3) is 0 Å². The van der Waals surface area contributed by atoms with Gasteiger partial charge in [-0.15, -0.1) is 0 Å². The van der Waals surface area contributed by atoms with E-state index in [0.717, 1.165) is 12.6 Å². The fraction of sp³-hybridized carbons (Fsp3) is 0.400. The summed E-state index contributed by atoms with van der Waals surface area (Å²) in [6.45, 7) is 4.86. The van der Waals surface area contributed by atoms with E-state index in [2.05, 4.69) is 32.8 Å². The Morgan fingerprint density at radius 2 is 2.00 bits per heavy atom. The molecule has 5 heteroatoms. The van der Waals surface area contributed by atoms with Crippen molar-refractivity contribution in [3.8, 4) is 0 Å². The molecule has 0 aliphatic heterocycles. The van der Waals surface area contributed by atoms with Gasteiger partial charge in [0.05, 0.1) is 27.1 Å². The van der Waals surface area contributed by atoms with Gasteiger partial charge in [-0.3, -0.25) is 0 Å². The molecule has 20 heavy (non-hydrogen) atoms. The van der Waals surface area contributed by atoms with Gasteiger partial charge in [-0.2, -0.15) is 0 Å². The zero-order valence-corrected chi connectivity index (χ0v) is 12.7. The number of esters is 1. The van der Waals surface area contributed by atoms with E-state index in [1.807, 2.05) is 18.2 Å². The van der Waals surface area contributed by atoms with Gasteiger partial charge in [0, 0.05) is 11.6 Å². The minimum absolute atomic E-state index is 0. The summed E-state index contributed by atoms with van der Waals surface area (Å²) in [6.07, 6.45) is 0.380. The number of aliphatic hydroxyl groups excluding tert-OH is 1. The second-order valence-electron chi connectivity index (χ2n) is 5.19. The summed E-state index contributed by atoms with van der Waals surface area (Å²) in [5, 5.41) is 9.58. The van der Waals surface area contributed by atoms with Gasteiger partial charge < -0.3 is 26.7 Å². The van der Waals surface area contributed by atoms with Gasteiger partial charge in [0.15, 0.2) is 0 Å². The minimum Gasteiger partial charge on any atom is -1.00 e. The van der Waals surface area contributed by atoms with Crippen LogP contribution in [0.4, 0.5) is 0 Å². The van der Waals surface area contributed by atoms with Gasteiger partial charge >= 0.3 is 5.97 Å². The van der Waals surface area contributed by atoms with Crippen molar-refractivity contribution in [2.24, 2.45) is 0 Å². The summed E-state index contributed by atoms with van der Waals surface area (Å²) in [6, 6.07) is 10.2. The average molecular weight is 300 g/mol. The van der Waals surface area contributed by atoms with Crippen LogP contribution >= 0.6 is 0 Å². The Kier molecular flexibility index (Phi) is 8.15. The van der Waals surface area contributed by atoms with E-state index in [4.69, 9.17) is 4.74 Å². The third-order valence-corrected chi connectivity index (χ3v) is 2.85. The lowest BCUT2D eigenvalue weighted by Crippen LogP contribution is -3.00. The predicted molar refractivity (Wildman–Crippen MR) is 74.0 cm³/mol. The lowest BCUT2D eigenvalue weighted by atomic mass is 10.2. The molecule has 0 aliphatic rings. The van der Waals surface area contributed by atoms with E-state index >= 15 is 0 Å². The fourth-order valence-electron chi connectivity index (χ4n) is 1.86. The Balaban J connectivity index is 0.00000361. The maximum atomic E-state index is 10.9. The fourth-order valence-corrected chi connectivity index (χ4v) is 1.86. The first kappa shape index (κ1) is 18.6. The summed E-state index contributed by atoms with van der Waals surface area (Å²) in [5.74, 6) is -0.596. The first-order valence-corrected chi connectivity index (χ1v) is 6.30. The van der Waals surface area contributed by atoms with Gasteiger partial charge in [0.1, 0.15) is 6.54 Å². The lowest BCUT2D eigenvalue weighted by molar-refractivity contribution is -0.904. The van der Waals surface area contributed by atoms with Crippen LogP contribution in [0.25, 0.3) is 0 Å². The molecule has 1 unspecified atom stereocenters. The van der Waals surface area contributed by atoms with Gasteiger partial charge in [-0.25, -0.2) is 4.79 Å². The van der Waals surface area contributed by atoms with Gasteiger partial charge in [0.2, 0.25) is 6.29 Å². The highest BCUT2D eigenvalue weighted by Gasteiger charge is 2.19. The van der Waals surface area contributed by atoms with Crippen LogP contribution in [0.15, 0.2) is 43.0 Å². The number of halogens is 1. The molecule has 0 amide bonds. The van der Waals surface area contributed by atoms with Crippen molar-refractivity contribution in [1.29, 1.82) is 0 Å². The standard InChI is InChI=1S/C15H22NO3.ClH/c1-4-14(17)19-15(18)10-11-16(2,3)12-13-8-6-5-7-9-13;/h4-9,15,18H,1,10-12H2,2-3H3;1H/q+1;/p-1. The molecular formula is C15H22ClNO3. The van der Waals surface area contributed by atoms with Crippen molar-refractivity contribution in [2.75, 3.05) is 20.6 Å². The highest BCUT2D eigenvalue weighted by Crippen LogP contribution is 2.11. The van der Waals surface area contributed by atoms with Crippen molar-refractivity contribution in [3.63, 3.8) is 0 Å². The molecule has 1 atom stereocenters. The van der Waals surface area contributed by atoms with Crippen molar-refractivity contribution >= 4 is 5.97 Å². The molecule has 1 aromatic rings. The molecule has 0 aromatic heterocycles. The molecule has 0 heterocycles. The Labute approximate surface area is 126 Å². The maximum absolute atomic E-state index is 10.9. The van der Waals surface area contributed by atoms with E-state index in [-0.39, 0.29) is 12.4 Å². The highest BCUT2D eigenvalue weighted by molar-refractivity contribution is 5.81. The third kappa shape index (κ3) is 7.28. The summed E-state index contributed by atoms with van der Waals surface area (Å²) in [5.41, 5.74) is 1.24. The van der Waals surface area contributed by atoms with Gasteiger partial charge in [-0.1, -0.05) is 36.9 Å². The topological polar surface area (TPSA) is 46.5 Å². The molecule has 1 N–H and O–H groups in total. The SMILES string of the molecule is C=CC(=O)OC(O)CC[N+](C)(C)Cc1ccccc1.[Cl-]. The van der Waals surface area contributed by atoms with E-state index < -0.39 is 12.3 Å². The van der Waals surface area contributed by atoms with Crippen molar-refractivity contribution in [1.82, 2.24) is 0 Å². The number of aliphatic hydroxyl groups is 1. The van der Waals surface area contributed by atoms with Crippen molar-refractivity contribution < 1.29 is 31.5 Å². The number of hydrogen-bond donors (Lipinski definition) is 1. The molecular weight excluding hydrogens is 278 g/mol. The largest absolute Gasteiger partial charge is 1.00 e. The molecule has 4 nitrogen and oxygen atoms in total. The Morgan fingerprint density at radius 1 is 1.40 bits per heavy atom. The van der Waals surface area contributed by atoms with E-state index in [9.17, 15) is 9.90 Å². The first-order chi connectivity index (χ1) is 8.93. The number of carbonyl (C=O) groups is 1. The van der Waals surface area contributed by atoms with Crippen molar-refractivity contribution in [2.45, 2.75) is 19.3 Å². The quantitative estimate of drug-likeness (QED) is 0.295. The van der Waals surface area contributed by atoms with Crippen LogP contribution in [0.5, 0.6) is 0 Å². The third-order valence-electron chi connectivity index (χ3n) is 2.85. The molecule has 1 aromatic carbocycles. The summed E-state index contributed by atoms with van der Waals surface area (Å²) < 4.78 is 5.45. The van der Waals surface area contributed by atoms with Crippen LogP contribution in [0, 0.1) is 0 Å². The number of hydrogen-bond acceptors (Lipinski definition) is 3. The number of carbonyl (C=O) groups excluding carboxylic acids is 1. The first-order valence-electron chi connectivity index (χ1n) is 6.30. The minimum atomic E-state index is -1.07. The van der Waals surface area contributed by atoms with Crippen LogP contribution in [0.3, 0.4) is 0 Å². The number of nitrogens with zero attached hydrogens (tertiary/aromatic N) is 1. The molecule has 0 aliphatic carbocycles. The summed E-state index contributed by atoms with van der Waals surface area (Å²) in [4.78, 5) is 10.9. The van der Waals surface area contributed by atoms with Crippen LogP contribution in [-0.2, 0) is 16.1 Å². The number of benzene rings is 1. The Hall–Kier alpha value is -1.36. The number of rotatable bonds is 7. The smallest absolute Gasteiger partial charge is 0.332 e. The zero-order chi connectivity index (χ0) is 14.3. The van der Waals surface area contributed by atoms with Crippen LogP contribution < -0.4 is 12.4 Å². The molecule has 0 fully saturated rings. The monoisotopic (exact) mass is 299 g/mol. The lowest BCUT2D eigenvalue weighted by Gasteiger charge is -2.30. The highest BCUT2D eigenvalue weighted by atomic mass is 35.5. The Morgan fingerprint density at radius 3 is 2.55 bits per heavy atom. The average Bonchev–Trinajstić information content (AvgIpc) is 2.37. The number of ether oxygens (including phenoxy) is 1. The van der Waals surface area contributed by atoms with Crippen LogP contribution in [0.2, 0.25) is 0 Å². The zero-order valence-electron chi connectivity index (χ0n) is 12.0. The summed E-state index contributed by atoms with van der Waals surface area (Å²) >= 11 is 0. The second-order valence-corrected chi connectivity index (χ2v) is 5.19. The predicted octanol–water partition coefficient (Wildman–Crippen LogP) is -1.30. The molecule has 112 valence electrons. The van der Waals surface area contributed by atoms with Gasteiger partial charge in [-0.05, 0) is 0 Å². The molecule has 0 radical (unpaired) electrons. The van der Waals surface area contributed by atoms with Crippen molar-refractivity contribution in [3.05, 3.63) is 48.6 Å². The maximum Gasteiger partial charge on any atom is 0.332 e. The molecule has 0 bridgehead atoms. The normalized spacial score (nSPS) is 12.2. The van der Waals surface area contributed by atoms with E-state index in [1.54, 1.807) is 0 Å². The molecule has 1 rings (SSSR count). The van der Waals surface area contributed by atoms with E-state index in [1.165, 1.54) is 5.56 Å². The summed E-state index contributed by atoms with van der Waals surface area (Å²) in [7, 11) is 4.16. The number of quaternary nitrogens is 1. The van der Waals surface area contributed by atoms with Crippen LogP contribution in [-0.4, -0.2) is 42.5 Å².